The van der Waals surface area contributed by atoms with Crippen LogP contribution in [-0.4, -0.2) is 36.0 Å². The van der Waals surface area contributed by atoms with Crippen molar-refractivity contribution in [3.63, 3.8) is 0 Å². The summed E-state index contributed by atoms with van der Waals surface area (Å²) in [5, 5.41) is 0. The van der Waals surface area contributed by atoms with Crippen molar-refractivity contribution in [2.45, 2.75) is 65.1 Å². The van der Waals surface area contributed by atoms with Crippen molar-refractivity contribution >= 4 is 11.9 Å². The maximum Gasteiger partial charge on any atom is 0.434 e. The van der Waals surface area contributed by atoms with Crippen LogP contribution in [0.1, 0.15) is 41.0 Å². The molecule has 0 radical (unpaired) electrons. The highest BCUT2D eigenvalue weighted by atomic mass is 19.4. The number of esters is 2. The number of carbonyl (C=O) groups excluding carboxylic acids is 2. The number of hydrogen-bond acceptors (Lipinski definition) is 4. The highest BCUT2D eigenvalue weighted by molar-refractivity contribution is 5.84. The molecule has 0 spiro atoms. The van der Waals surface area contributed by atoms with E-state index in [0.717, 1.165) is 13.8 Å². The molecule has 23 heavy (non-hydrogen) atoms. The van der Waals surface area contributed by atoms with Crippen molar-refractivity contribution in [3.05, 3.63) is 0 Å². The van der Waals surface area contributed by atoms with E-state index in [9.17, 15) is 35.9 Å². The van der Waals surface area contributed by atoms with Crippen molar-refractivity contribution in [1.82, 2.24) is 0 Å². The Labute approximate surface area is 129 Å². The van der Waals surface area contributed by atoms with Gasteiger partial charge in [-0.3, -0.25) is 4.79 Å². The van der Waals surface area contributed by atoms with E-state index < -0.39 is 41.4 Å². The zero-order valence-electron chi connectivity index (χ0n) is 13.2. The molecule has 0 bridgehead atoms. The van der Waals surface area contributed by atoms with Crippen LogP contribution in [-0.2, 0) is 19.1 Å². The van der Waals surface area contributed by atoms with Gasteiger partial charge >= 0.3 is 24.3 Å². The summed E-state index contributed by atoms with van der Waals surface area (Å²) in [6.07, 6.45) is -15.7. The molecule has 0 saturated carbocycles. The smallest absolute Gasteiger partial charge is 0.434 e. The molecule has 0 fully saturated rings. The Balaban J connectivity index is 5.24. The van der Waals surface area contributed by atoms with Crippen LogP contribution in [0, 0.1) is 5.41 Å². The van der Waals surface area contributed by atoms with Crippen LogP contribution >= 0.6 is 0 Å². The van der Waals surface area contributed by atoms with Crippen LogP contribution in [0.2, 0.25) is 0 Å². The Morgan fingerprint density at radius 3 is 1.57 bits per heavy atom. The highest BCUT2D eigenvalue weighted by Gasteiger charge is 2.61. The van der Waals surface area contributed by atoms with E-state index in [0.29, 0.717) is 0 Å². The van der Waals surface area contributed by atoms with E-state index in [2.05, 4.69) is 4.74 Å². The standard InChI is InChI=1S/C13H18F6O4/c1-6-10(2,3)8(20)23-11(4,5)9(21)22-7(12(14,15)16)13(17,18)19/h7H,6H2,1-5H3. The van der Waals surface area contributed by atoms with E-state index >= 15 is 0 Å². The molecule has 0 heterocycles. The number of halogens is 6. The molecule has 0 aliphatic carbocycles. The minimum absolute atomic E-state index is 0.282. The van der Waals surface area contributed by atoms with Gasteiger partial charge in [0, 0.05) is 0 Å². The third-order valence-electron chi connectivity index (χ3n) is 3.10. The van der Waals surface area contributed by atoms with E-state index in [-0.39, 0.29) is 6.42 Å². The van der Waals surface area contributed by atoms with Crippen molar-refractivity contribution in [3.8, 4) is 0 Å². The number of carbonyl (C=O) groups is 2. The molecule has 136 valence electrons. The summed E-state index contributed by atoms with van der Waals surface area (Å²) in [6, 6.07) is 0. The monoisotopic (exact) mass is 352 g/mol. The molecule has 0 unspecified atom stereocenters. The molecule has 10 heteroatoms. The van der Waals surface area contributed by atoms with Gasteiger partial charge in [-0.1, -0.05) is 6.92 Å². The SMILES string of the molecule is CCC(C)(C)C(=O)OC(C)(C)C(=O)OC(C(F)(F)F)C(F)(F)F. The molecule has 0 aliphatic heterocycles. The summed E-state index contributed by atoms with van der Waals surface area (Å²) < 4.78 is 82.5. The van der Waals surface area contributed by atoms with Gasteiger partial charge in [-0.25, -0.2) is 4.79 Å². The van der Waals surface area contributed by atoms with Crippen LogP contribution in [0.3, 0.4) is 0 Å². The van der Waals surface area contributed by atoms with Crippen LogP contribution in [0.5, 0.6) is 0 Å². The van der Waals surface area contributed by atoms with Gasteiger partial charge in [0.2, 0.25) is 5.60 Å². The molecule has 0 saturated heterocycles. The van der Waals surface area contributed by atoms with Gasteiger partial charge in [0.05, 0.1) is 5.41 Å². The molecule has 0 N–H and O–H groups in total. The van der Waals surface area contributed by atoms with Gasteiger partial charge in [-0.15, -0.1) is 0 Å². The topological polar surface area (TPSA) is 52.6 Å². The maximum absolute atomic E-state index is 12.4. The second-order valence-corrected chi connectivity index (χ2v) is 6.01. The van der Waals surface area contributed by atoms with E-state index in [1.54, 1.807) is 6.92 Å². The first-order valence-corrected chi connectivity index (χ1v) is 6.53. The third kappa shape index (κ3) is 5.91. The lowest BCUT2D eigenvalue weighted by Gasteiger charge is -2.31. The Morgan fingerprint density at radius 2 is 1.26 bits per heavy atom. The first-order valence-electron chi connectivity index (χ1n) is 6.53. The van der Waals surface area contributed by atoms with Crippen LogP contribution in [0.15, 0.2) is 0 Å². The summed E-state index contributed by atoms with van der Waals surface area (Å²) in [4.78, 5) is 23.4. The summed E-state index contributed by atoms with van der Waals surface area (Å²) in [5.41, 5.74) is -3.37. The Hall–Kier alpha value is -1.48. The lowest BCUT2D eigenvalue weighted by atomic mass is 9.90. The molecule has 0 atom stereocenters. The van der Waals surface area contributed by atoms with Gasteiger partial charge in [0.15, 0.2) is 0 Å². The molecular weight excluding hydrogens is 334 g/mol. The summed E-state index contributed by atoms with van der Waals surface area (Å²) in [5.74, 6) is -2.89. The fourth-order valence-corrected chi connectivity index (χ4v) is 1.12. The average Bonchev–Trinajstić information content (AvgIpc) is 2.31. The van der Waals surface area contributed by atoms with Gasteiger partial charge in [-0.2, -0.15) is 26.3 Å². The fourth-order valence-electron chi connectivity index (χ4n) is 1.12. The number of ether oxygens (including phenoxy) is 2. The molecular formula is C13H18F6O4. The Kier molecular flexibility index (Phi) is 6.14. The number of hydrogen-bond donors (Lipinski definition) is 0. The molecule has 4 nitrogen and oxygen atoms in total. The molecule has 0 aromatic heterocycles. The predicted octanol–water partition coefficient (Wildman–Crippen LogP) is 3.78. The van der Waals surface area contributed by atoms with Gasteiger partial charge in [0.1, 0.15) is 0 Å². The van der Waals surface area contributed by atoms with Crippen molar-refractivity contribution < 1.29 is 45.4 Å². The molecule has 0 aromatic carbocycles. The van der Waals surface area contributed by atoms with Crippen LogP contribution < -0.4 is 0 Å². The molecule has 0 rings (SSSR count). The van der Waals surface area contributed by atoms with Gasteiger partial charge in [0.25, 0.3) is 6.10 Å². The maximum atomic E-state index is 12.4. The zero-order valence-corrected chi connectivity index (χ0v) is 13.2. The van der Waals surface area contributed by atoms with Gasteiger partial charge < -0.3 is 9.47 Å². The van der Waals surface area contributed by atoms with E-state index in [1.807, 2.05) is 0 Å². The second kappa shape index (κ2) is 6.56. The van der Waals surface area contributed by atoms with Crippen molar-refractivity contribution in [2.75, 3.05) is 0 Å². The quantitative estimate of drug-likeness (QED) is 0.558. The first-order chi connectivity index (χ1) is 9.95. The Bertz CT molecular complexity index is 436. The van der Waals surface area contributed by atoms with E-state index in [4.69, 9.17) is 4.74 Å². The highest BCUT2D eigenvalue weighted by Crippen LogP contribution is 2.37. The largest absolute Gasteiger partial charge is 0.447 e. The first kappa shape index (κ1) is 21.5. The third-order valence-corrected chi connectivity index (χ3v) is 3.10. The summed E-state index contributed by atoms with van der Waals surface area (Å²) in [7, 11) is 0. The minimum atomic E-state index is -5.84. The number of rotatable bonds is 5. The zero-order chi connectivity index (χ0) is 18.9. The summed E-state index contributed by atoms with van der Waals surface area (Å²) >= 11 is 0. The van der Waals surface area contributed by atoms with Crippen molar-refractivity contribution in [1.29, 1.82) is 0 Å². The minimum Gasteiger partial charge on any atom is -0.447 e. The second-order valence-electron chi connectivity index (χ2n) is 6.01. The van der Waals surface area contributed by atoms with Crippen LogP contribution in [0.25, 0.3) is 0 Å². The average molecular weight is 352 g/mol. The molecule has 0 amide bonds. The summed E-state index contributed by atoms with van der Waals surface area (Å²) in [6.45, 7) is 6.22. The Morgan fingerprint density at radius 1 is 0.870 bits per heavy atom. The predicted molar refractivity (Wildman–Crippen MR) is 66.2 cm³/mol. The fraction of sp³-hybridized carbons (Fsp3) is 0.846. The molecule has 0 aromatic rings. The molecule has 0 aliphatic rings. The number of alkyl halides is 6. The lowest BCUT2D eigenvalue weighted by Crippen LogP contribution is -2.50. The van der Waals surface area contributed by atoms with Crippen LogP contribution in [0.4, 0.5) is 26.3 Å². The normalized spacial score (nSPS) is 13.9. The van der Waals surface area contributed by atoms with Crippen molar-refractivity contribution in [2.24, 2.45) is 5.41 Å². The van der Waals surface area contributed by atoms with Gasteiger partial charge in [-0.05, 0) is 34.1 Å². The van der Waals surface area contributed by atoms with E-state index in [1.165, 1.54) is 13.8 Å². The lowest BCUT2D eigenvalue weighted by molar-refractivity contribution is -0.316.